The molecule has 0 aromatic heterocycles. The first-order chi connectivity index (χ1) is 25.5. The summed E-state index contributed by atoms with van der Waals surface area (Å²) in [4.78, 5) is 37.2. The molecule has 0 saturated heterocycles. The Bertz CT molecular complexity index is 780. The highest BCUT2D eigenvalue weighted by atomic mass is 16.6. The maximum Gasteiger partial charge on any atom is 0.320 e. The summed E-state index contributed by atoms with van der Waals surface area (Å²) in [6, 6.07) is 0. The predicted molar refractivity (Wildman–Crippen MR) is 217 cm³/mol. The van der Waals surface area contributed by atoms with E-state index < -0.39 is 12.1 Å². The summed E-state index contributed by atoms with van der Waals surface area (Å²) in [5.41, 5.74) is 5.50. The third-order valence-corrected chi connectivity index (χ3v) is 9.95. The first-order valence-electron chi connectivity index (χ1n) is 22.4. The van der Waals surface area contributed by atoms with Crippen LogP contribution in [0.3, 0.4) is 0 Å². The molecule has 8 heteroatoms. The zero-order valence-corrected chi connectivity index (χ0v) is 34.5. The molecule has 0 aliphatic carbocycles. The number of unbranched alkanes of at least 4 members (excludes halogenated alkanes) is 28. The van der Waals surface area contributed by atoms with Gasteiger partial charge >= 0.3 is 17.9 Å². The summed E-state index contributed by atoms with van der Waals surface area (Å²) in [6.07, 6.45) is 38.7. The minimum absolute atomic E-state index is 0.0543. The third-order valence-electron chi connectivity index (χ3n) is 9.95. The Kier molecular flexibility index (Phi) is 40.7. The van der Waals surface area contributed by atoms with Gasteiger partial charge in [-0.25, -0.2) is 0 Å². The summed E-state index contributed by atoms with van der Waals surface area (Å²) in [5.74, 6) is -1.08. The van der Waals surface area contributed by atoms with Crippen molar-refractivity contribution in [1.82, 2.24) is 5.32 Å². The molecule has 0 radical (unpaired) electrons. The predicted octanol–water partition coefficient (Wildman–Crippen LogP) is 11.4. The molecule has 0 amide bonds. The fourth-order valence-electron chi connectivity index (χ4n) is 6.55. The van der Waals surface area contributed by atoms with Crippen LogP contribution in [0.25, 0.3) is 0 Å². The van der Waals surface area contributed by atoms with Crippen LogP contribution in [0.2, 0.25) is 0 Å². The van der Waals surface area contributed by atoms with Crippen LogP contribution >= 0.6 is 0 Å². The van der Waals surface area contributed by atoms with Gasteiger partial charge in [0.15, 0.2) is 6.10 Å². The maximum absolute atomic E-state index is 12.6. The van der Waals surface area contributed by atoms with Gasteiger partial charge in [0, 0.05) is 12.8 Å². The number of carbonyl (C=O) groups is 3. The quantitative estimate of drug-likeness (QED) is 0.0361. The molecule has 0 rings (SSSR count). The number of esters is 3. The van der Waals surface area contributed by atoms with Gasteiger partial charge in [-0.15, -0.1) is 0 Å². The first kappa shape index (κ1) is 50.3. The van der Waals surface area contributed by atoms with E-state index in [0.717, 1.165) is 44.9 Å². The molecule has 52 heavy (non-hydrogen) atoms. The molecule has 0 bridgehead atoms. The average molecular weight is 739 g/mol. The van der Waals surface area contributed by atoms with Crippen LogP contribution < -0.4 is 11.1 Å². The lowest BCUT2D eigenvalue weighted by molar-refractivity contribution is -0.166. The fraction of sp³-hybridized carbons (Fsp3) is 0.932. The van der Waals surface area contributed by atoms with E-state index >= 15 is 0 Å². The van der Waals surface area contributed by atoms with Crippen molar-refractivity contribution in [2.75, 3.05) is 32.8 Å². The van der Waals surface area contributed by atoms with E-state index in [1.165, 1.54) is 154 Å². The van der Waals surface area contributed by atoms with Crippen LogP contribution in [0.4, 0.5) is 0 Å². The molecule has 0 spiro atoms. The summed E-state index contributed by atoms with van der Waals surface area (Å²) in [5, 5.41) is 2.99. The van der Waals surface area contributed by atoms with Crippen molar-refractivity contribution in [2.45, 2.75) is 232 Å². The van der Waals surface area contributed by atoms with Gasteiger partial charge in [-0.1, -0.05) is 194 Å². The molecule has 308 valence electrons. The van der Waals surface area contributed by atoms with E-state index in [2.05, 4.69) is 19.2 Å². The molecule has 0 heterocycles. The Morgan fingerprint density at radius 1 is 0.442 bits per heavy atom. The second-order valence-electron chi connectivity index (χ2n) is 15.2. The van der Waals surface area contributed by atoms with E-state index in [9.17, 15) is 14.4 Å². The van der Waals surface area contributed by atoms with E-state index in [4.69, 9.17) is 19.9 Å². The van der Waals surface area contributed by atoms with Crippen molar-refractivity contribution in [3.63, 3.8) is 0 Å². The smallest absolute Gasteiger partial charge is 0.320 e. The monoisotopic (exact) mass is 739 g/mol. The molecule has 0 fully saturated rings. The average Bonchev–Trinajstić information content (AvgIpc) is 3.14. The number of rotatable bonds is 42. The number of hydrogen-bond donors (Lipinski definition) is 2. The maximum atomic E-state index is 12.6. The minimum atomic E-state index is -0.804. The van der Waals surface area contributed by atoms with Gasteiger partial charge in [0.25, 0.3) is 0 Å². The number of hydrogen-bond acceptors (Lipinski definition) is 8. The zero-order chi connectivity index (χ0) is 38.0. The minimum Gasteiger partial charge on any atom is -0.462 e. The van der Waals surface area contributed by atoms with Crippen LogP contribution in [0, 0.1) is 0 Å². The second-order valence-corrected chi connectivity index (χ2v) is 15.2. The van der Waals surface area contributed by atoms with Gasteiger partial charge in [0.2, 0.25) is 0 Å². The van der Waals surface area contributed by atoms with Gasteiger partial charge in [-0.2, -0.15) is 0 Å². The summed E-state index contributed by atoms with van der Waals surface area (Å²) >= 11 is 0. The molecule has 0 aliphatic heterocycles. The van der Waals surface area contributed by atoms with Gasteiger partial charge in [-0.05, 0) is 32.4 Å². The number of carbonyl (C=O) groups excluding carboxylic acids is 3. The van der Waals surface area contributed by atoms with Crippen molar-refractivity contribution in [2.24, 2.45) is 5.73 Å². The lowest BCUT2D eigenvalue weighted by Gasteiger charge is -2.18. The highest BCUT2D eigenvalue weighted by Crippen LogP contribution is 2.16. The Balaban J connectivity index is 4.11. The highest BCUT2D eigenvalue weighted by Gasteiger charge is 2.19. The van der Waals surface area contributed by atoms with Gasteiger partial charge in [0.05, 0.1) is 6.54 Å². The SMILES string of the molecule is CCCCCCCCCCCCCCCCCC(=O)OCC(COC(=O)CNCCCN)OC(=O)CCCCCCCCCCCCCCCCC. The van der Waals surface area contributed by atoms with Crippen molar-refractivity contribution in [1.29, 1.82) is 0 Å². The summed E-state index contributed by atoms with van der Waals surface area (Å²) in [7, 11) is 0. The molecule has 0 aromatic rings. The number of nitrogens with two attached hydrogens (primary N) is 1. The second kappa shape index (κ2) is 42.1. The van der Waals surface area contributed by atoms with Gasteiger partial charge in [0.1, 0.15) is 13.2 Å². The molecular weight excluding hydrogens is 652 g/mol. The molecule has 1 atom stereocenters. The largest absolute Gasteiger partial charge is 0.462 e. The first-order valence-corrected chi connectivity index (χ1v) is 22.4. The molecule has 0 saturated carbocycles. The Morgan fingerprint density at radius 2 is 0.769 bits per heavy atom. The van der Waals surface area contributed by atoms with Crippen LogP contribution in [0.5, 0.6) is 0 Å². The van der Waals surface area contributed by atoms with Crippen LogP contribution in [0.1, 0.15) is 226 Å². The van der Waals surface area contributed by atoms with Crippen molar-refractivity contribution in [3.8, 4) is 0 Å². The van der Waals surface area contributed by atoms with Gasteiger partial charge < -0.3 is 25.3 Å². The molecule has 8 nitrogen and oxygen atoms in total. The Hall–Kier alpha value is -1.67. The number of nitrogens with one attached hydrogen (secondary N) is 1. The summed E-state index contributed by atoms with van der Waals surface area (Å²) < 4.78 is 16.4. The van der Waals surface area contributed by atoms with Crippen molar-refractivity contribution >= 4 is 17.9 Å². The van der Waals surface area contributed by atoms with Crippen LogP contribution in [-0.2, 0) is 28.6 Å². The molecule has 0 aromatic carbocycles. The third kappa shape index (κ3) is 39.5. The normalized spacial score (nSPS) is 11.8. The standard InChI is InChI=1S/C44H86N2O6/c1-3-5-7-9-11-13-15-17-19-21-23-25-27-29-31-34-42(47)50-39-41(40-51-44(49)38-46-37-33-36-45)52-43(48)35-32-30-28-26-24-22-20-18-16-14-12-10-8-6-4-2/h41,46H,3-40,45H2,1-2H3. The number of ether oxygens (including phenoxy) is 3. The van der Waals surface area contributed by atoms with Crippen molar-refractivity contribution in [3.05, 3.63) is 0 Å². The van der Waals surface area contributed by atoms with E-state index in [1.807, 2.05) is 0 Å². The van der Waals surface area contributed by atoms with Crippen molar-refractivity contribution < 1.29 is 28.6 Å². The zero-order valence-electron chi connectivity index (χ0n) is 34.5. The molecule has 0 aliphatic rings. The van der Waals surface area contributed by atoms with E-state index in [1.54, 1.807) is 0 Å². The van der Waals surface area contributed by atoms with E-state index in [0.29, 0.717) is 25.9 Å². The van der Waals surface area contributed by atoms with Crippen LogP contribution in [0.15, 0.2) is 0 Å². The lowest BCUT2D eigenvalue weighted by Crippen LogP contribution is -2.33. The molecule has 3 N–H and O–H groups in total. The van der Waals surface area contributed by atoms with E-state index in [-0.39, 0.29) is 31.7 Å². The topological polar surface area (TPSA) is 117 Å². The molecule has 1 unspecified atom stereocenters. The molecular formula is C44H86N2O6. The lowest BCUT2D eigenvalue weighted by atomic mass is 10.0. The van der Waals surface area contributed by atoms with Gasteiger partial charge in [-0.3, -0.25) is 14.4 Å². The fourth-order valence-corrected chi connectivity index (χ4v) is 6.55. The van der Waals surface area contributed by atoms with Crippen LogP contribution in [-0.4, -0.2) is 56.9 Å². The Labute approximate surface area is 321 Å². The Morgan fingerprint density at radius 3 is 1.13 bits per heavy atom. The highest BCUT2D eigenvalue weighted by molar-refractivity contribution is 5.72. The summed E-state index contributed by atoms with van der Waals surface area (Å²) in [6.45, 7) is 5.53.